The van der Waals surface area contributed by atoms with Crippen LogP contribution in [0.3, 0.4) is 0 Å². The topological polar surface area (TPSA) is 49.5 Å². The molecule has 1 rings (SSSR count). The van der Waals surface area contributed by atoms with Crippen LogP contribution in [0.25, 0.3) is 6.08 Å². The first-order valence-corrected chi connectivity index (χ1v) is 5.44. The van der Waals surface area contributed by atoms with Crippen molar-refractivity contribution in [3.8, 4) is 0 Å². The Labute approximate surface area is 109 Å². The second-order valence-corrected chi connectivity index (χ2v) is 4.07. The number of halogens is 1. The number of aliphatic hydroxyl groups excluding tert-OH is 1. The summed E-state index contributed by atoms with van der Waals surface area (Å²) < 4.78 is 0. The molecule has 0 aromatic heterocycles. The van der Waals surface area contributed by atoms with Crippen molar-refractivity contribution in [3.05, 3.63) is 35.9 Å². The maximum atomic E-state index is 8.77. The number of nitrogens with zero attached hydrogens (tertiary/aromatic N) is 1. The highest BCUT2D eigenvalue weighted by molar-refractivity contribution is 5.85. The van der Waals surface area contributed by atoms with Gasteiger partial charge in [0, 0.05) is 25.8 Å². The van der Waals surface area contributed by atoms with Gasteiger partial charge in [-0.2, -0.15) is 0 Å². The quantitative estimate of drug-likeness (QED) is 0.846. The van der Waals surface area contributed by atoms with E-state index in [0.29, 0.717) is 6.42 Å². The molecule has 0 heterocycles. The number of hydrogen-bond acceptors (Lipinski definition) is 3. The van der Waals surface area contributed by atoms with Gasteiger partial charge in [0.15, 0.2) is 0 Å². The van der Waals surface area contributed by atoms with Gasteiger partial charge in [0.2, 0.25) is 0 Å². The average molecular weight is 257 g/mol. The van der Waals surface area contributed by atoms with Crippen LogP contribution in [0.1, 0.15) is 12.0 Å². The van der Waals surface area contributed by atoms with E-state index in [1.807, 2.05) is 26.2 Å². The summed E-state index contributed by atoms with van der Waals surface area (Å²) in [5.74, 6) is 0. The van der Waals surface area contributed by atoms with E-state index in [2.05, 4.69) is 29.2 Å². The van der Waals surface area contributed by atoms with Gasteiger partial charge in [-0.05, 0) is 24.1 Å². The Morgan fingerprint density at radius 2 is 1.88 bits per heavy atom. The maximum Gasteiger partial charge on any atom is 0.0585 e. The number of anilines is 1. The Balaban J connectivity index is 0.00000256. The lowest BCUT2D eigenvalue weighted by molar-refractivity contribution is 0.267. The third-order valence-corrected chi connectivity index (χ3v) is 2.39. The average Bonchev–Trinajstić information content (AvgIpc) is 2.29. The van der Waals surface area contributed by atoms with E-state index >= 15 is 0 Å². The van der Waals surface area contributed by atoms with E-state index in [1.54, 1.807) is 0 Å². The fraction of sp³-hybridized carbons (Fsp3) is 0.385. The van der Waals surface area contributed by atoms with Gasteiger partial charge in [0.25, 0.3) is 0 Å². The molecule has 17 heavy (non-hydrogen) atoms. The number of nitrogens with two attached hydrogens (primary N) is 1. The van der Waals surface area contributed by atoms with E-state index in [-0.39, 0.29) is 25.1 Å². The SMILES string of the molecule is CN(C)c1ccc(/C=C/CC(N)CO)cc1.Cl. The number of aliphatic hydroxyl groups is 1. The van der Waals surface area contributed by atoms with Gasteiger partial charge in [-0.1, -0.05) is 24.3 Å². The molecule has 0 aliphatic rings. The zero-order valence-electron chi connectivity index (χ0n) is 10.3. The summed E-state index contributed by atoms with van der Waals surface area (Å²) in [6.07, 6.45) is 4.71. The minimum atomic E-state index is -0.155. The van der Waals surface area contributed by atoms with E-state index < -0.39 is 0 Å². The molecule has 1 unspecified atom stereocenters. The molecule has 0 aliphatic carbocycles. The van der Waals surface area contributed by atoms with E-state index in [1.165, 1.54) is 5.69 Å². The van der Waals surface area contributed by atoms with Gasteiger partial charge >= 0.3 is 0 Å². The molecule has 0 amide bonds. The molecule has 0 aliphatic heterocycles. The van der Waals surface area contributed by atoms with Gasteiger partial charge in [0.1, 0.15) is 0 Å². The summed E-state index contributed by atoms with van der Waals surface area (Å²) in [5.41, 5.74) is 7.93. The highest BCUT2D eigenvalue weighted by Gasteiger charge is 1.96. The zero-order chi connectivity index (χ0) is 12.0. The van der Waals surface area contributed by atoms with Crippen molar-refractivity contribution in [3.63, 3.8) is 0 Å². The van der Waals surface area contributed by atoms with Crippen LogP contribution >= 0.6 is 12.4 Å². The Kier molecular flexibility index (Phi) is 7.63. The molecule has 3 N–H and O–H groups in total. The van der Waals surface area contributed by atoms with Crippen LogP contribution in [-0.2, 0) is 0 Å². The van der Waals surface area contributed by atoms with Crippen molar-refractivity contribution >= 4 is 24.2 Å². The van der Waals surface area contributed by atoms with Crippen molar-refractivity contribution in [2.75, 3.05) is 25.6 Å². The molecule has 1 aromatic carbocycles. The predicted octanol–water partition coefficient (Wildman–Crippen LogP) is 1.90. The minimum Gasteiger partial charge on any atom is -0.395 e. The molecule has 4 heteroatoms. The third-order valence-electron chi connectivity index (χ3n) is 2.39. The second-order valence-electron chi connectivity index (χ2n) is 4.07. The van der Waals surface area contributed by atoms with Gasteiger partial charge in [-0.25, -0.2) is 0 Å². The Morgan fingerprint density at radius 1 is 1.29 bits per heavy atom. The maximum absolute atomic E-state index is 8.77. The van der Waals surface area contributed by atoms with Crippen LogP contribution in [0, 0.1) is 0 Å². The molecule has 0 fully saturated rings. The summed E-state index contributed by atoms with van der Waals surface area (Å²) >= 11 is 0. The molecule has 1 atom stereocenters. The first-order chi connectivity index (χ1) is 7.63. The van der Waals surface area contributed by atoms with Crippen LogP contribution < -0.4 is 10.6 Å². The van der Waals surface area contributed by atoms with E-state index in [4.69, 9.17) is 10.8 Å². The second kappa shape index (κ2) is 8.12. The van der Waals surface area contributed by atoms with Crippen LogP contribution in [0.4, 0.5) is 5.69 Å². The van der Waals surface area contributed by atoms with Gasteiger partial charge in [0.05, 0.1) is 6.61 Å². The minimum absolute atomic E-state index is 0. The molecule has 1 aromatic rings. The largest absolute Gasteiger partial charge is 0.395 e. The van der Waals surface area contributed by atoms with Crippen LogP contribution in [0.15, 0.2) is 30.3 Å². The van der Waals surface area contributed by atoms with Crippen LogP contribution in [-0.4, -0.2) is 31.9 Å². The first kappa shape index (κ1) is 16.0. The smallest absolute Gasteiger partial charge is 0.0585 e. The Morgan fingerprint density at radius 3 is 2.35 bits per heavy atom. The molecule has 0 spiro atoms. The number of hydrogen-bond donors (Lipinski definition) is 2. The third kappa shape index (κ3) is 5.73. The molecule has 0 saturated heterocycles. The Hall–Kier alpha value is -1.03. The molecule has 0 radical (unpaired) electrons. The lowest BCUT2D eigenvalue weighted by atomic mass is 10.1. The van der Waals surface area contributed by atoms with Crippen molar-refractivity contribution in [1.82, 2.24) is 0 Å². The number of rotatable bonds is 5. The highest BCUT2D eigenvalue weighted by atomic mass is 35.5. The number of benzene rings is 1. The summed E-state index contributed by atoms with van der Waals surface area (Å²) in [5, 5.41) is 8.77. The molecular formula is C13H21ClN2O. The van der Waals surface area contributed by atoms with Crippen LogP contribution in [0.2, 0.25) is 0 Å². The fourth-order valence-electron chi connectivity index (χ4n) is 1.34. The molecule has 0 saturated carbocycles. The van der Waals surface area contributed by atoms with Crippen molar-refractivity contribution in [2.24, 2.45) is 5.73 Å². The van der Waals surface area contributed by atoms with E-state index in [9.17, 15) is 0 Å². The molecule has 3 nitrogen and oxygen atoms in total. The van der Waals surface area contributed by atoms with Gasteiger partial charge in [-0.3, -0.25) is 0 Å². The fourth-order valence-corrected chi connectivity index (χ4v) is 1.34. The van der Waals surface area contributed by atoms with Crippen molar-refractivity contribution < 1.29 is 5.11 Å². The van der Waals surface area contributed by atoms with Gasteiger partial charge < -0.3 is 15.7 Å². The normalized spacial score (nSPS) is 12.2. The predicted molar refractivity (Wildman–Crippen MR) is 76.7 cm³/mol. The molecule has 96 valence electrons. The highest BCUT2D eigenvalue weighted by Crippen LogP contribution is 2.13. The molecular weight excluding hydrogens is 236 g/mol. The lowest BCUT2D eigenvalue weighted by Gasteiger charge is -2.11. The lowest BCUT2D eigenvalue weighted by Crippen LogP contribution is -2.22. The van der Waals surface area contributed by atoms with E-state index in [0.717, 1.165) is 5.56 Å². The van der Waals surface area contributed by atoms with Gasteiger partial charge in [-0.15, -0.1) is 12.4 Å². The van der Waals surface area contributed by atoms with Crippen molar-refractivity contribution in [1.29, 1.82) is 0 Å². The standard InChI is InChI=1S/C13H20N2O.ClH/c1-15(2)13-8-6-11(7-9-13)4-3-5-12(14)10-16;/h3-4,6-9,12,16H,5,10,14H2,1-2H3;1H/b4-3+;. The first-order valence-electron chi connectivity index (χ1n) is 5.44. The molecule has 0 bridgehead atoms. The summed E-state index contributed by atoms with van der Waals surface area (Å²) in [4.78, 5) is 2.06. The van der Waals surface area contributed by atoms with Crippen molar-refractivity contribution in [2.45, 2.75) is 12.5 Å². The zero-order valence-corrected chi connectivity index (χ0v) is 11.2. The summed E-state index contributed by atoms with van der Waals surface area (Å²) in [6.45, 7) is 0.0317. The Bertz CT molecular complexity index is 336. The summed E-state index contributed by atoms with van der Waals surface area (Å²) in [7, 11) is 4.04. The summed E-state index contributed by atoms with van der Waals surface area (Å²) in [6, 6.07) is 8.13. The van der Waals surface area contributed by atoms with Crippen LogP contribution in [0.5, 0.6) is 0 Å². The monoisotopic (exact) mass is 256 g/mol.